The third-order valence-electron chi connectivity index (χ3n) is 3.30. The number of hydrogen-bond acceptors (Lipinski definition) is 3. The summed E-state index contributed by atoms with van der Waals surface area (Å²) in [6.07, 6.45) is 4.54. The fourth-order valence-electron chi connectivity index (χ4n) is 2.25. The van der Waals surface area contributed by atoms with Gasteiger partial charge in [0.05, 0.1) is 6.61 Å². The SMILES string of the molecule is CCCc1cc(CNCC)cc(OCC(C)CCC)n1. The van der Waals surface area contributed by atoms with Crippen LogP contribution >= 0.6 is 0 Å². The van der Waals surface area contributed by atoms with Gasteiger partial charge in [-0.25, -0.2) is 4.98 Å². The molecule has 0 bridgehead atoms. The Balaban J connectivity index is 2.69. The van der Waals surface area contributed by atoms with Gasteiger partial charge in [-0.2, -0.15) is 0 Å². The molecule has 1 rings (SSSR count). The van der Waals surface area contributed by atoms with Crippen LogP contribution in [-0.4, -0.2) is 18.1 Å². The third kappa shape index (κ3) is 6.38. The summed E-state index contributed by atoms with van der Waals surface area (Å²) >= 11 is 0. The molecule has 1 N–H and O–H groups in total. The lowest BCUT2D eigenvalue weighted by Gasteiger charge is -2.13. The van der Waals surface area contributed by atoms with Crippen molar-refractivity contribution in [2.24, 2.45) is 5.92 Å². The first-order valence-electron chi connectivity index (χ1n) is 8.02. The Morgan fingerprint density at radius 3 is 2.65 bits per heavy atom. The summed E-state index contributed by atoms with van der Waals surface area (Å²) in [5.41, 5.74) is 2.41. The van der Waals surface area contributed by atoms with Crippen molar-refractivity contribution in [3.8, 4) is 5.88 Å². The fraction of sp³-hybridized carbons (Fsp3) is 0.706. The Morgan fingerprint density at radius 2 is 2.00 bits per heavy atom. The van der Waals surface area contributed by atoms with Gasteiger partial charge in [-0.3, -0.25) is 0 Å². The first-order valence-corrected chi connectivity index (χ1v) is 8.02. The van der Waals surface area contributed by atoms with Crippen LogP contribution < -0.4 is 10.1 Å². The highest BCUT2D eigenvalue weighted by atomic mass is 16.5. The topological polar surface area (TPSA) is 34.1 Å². The second-order valence-corrected chi connectivity index (χ2v) is 5.54. The van der Waals surface area contributed by atoms with E-state index in [0.717, 1.165) is 44.1 Å². The average molecular weight is 278 g/mol. The van der Waals surface area contributed by atoms with E-state index in [9.17, 15) is 0 Å². The van der Waals surface area contributed by atoms with Gasteiger partial charge in [0.1, 0.15) is 0 Å². The van der Waals surface area contributed by atoms with Crippen LogP contribution in [0.1, 0.15) is 58.2 Å². The maximum atomic E-state index is 5.89. The van der Waals surface area contributed by atoms with Gasteiger partial charge >= 0.3 is 0 Å². The quantitative estimate of drug-likeness (QED) is 0.703. The highest BCUT2D eigenvalue weighted by molar-refractivity contribution is 5.25. The Morgan fingerprint density at radius 1 is 1.20 bits per heavy atom. The molecule has 0 amide bonds. The zero-order valence-electron chi connectivity index (χ0n) is 13.5. The largest absolute Gasteiger partial charge is 0.477 e. The number of rotatable bonds is 10. The molecule has 1 heterocycles. The molecule has 0 saturated heterocycles. The number of nitrogens with one attached hydrogen (secondary N) is 1. The lowest BCUT2D eigenvalue weighted by molar-refractivity contribution is 0.242. The average Bonchev–Trinajstić information content (AvgIpc) is 2.43. The summed E-state index contributed by atoms with van der Waals surface area (Å²) in [6.45, 7) is 11.4. The van der Waals surface area contributed by atoms with Crippen molar-refractivity contribution in [3.63, 3.8) is 0 Å². The van der Waals surface area contributed by atoms with Crippen LogP contribution in [0.25, 0.3) is 0 Å². The van der Waals surface area contributed by atoms with E-state index in [2.05, 4.69) is 50.1 Å². The molecular weight excluding hydrogens is 248 g/mol. The minimum absolute atomic E-state index is 0.592. The molecule has 114 valence electrons. The third-order valence-corrected chi connectivity index (χ3v) is 3.30. The highest BCUT2D eigenvalue weighted by Gasteiger charge is 2.06. The number of aryl methyl sites for hydroxylation is 1. The second kappa shape index (κ2) is 9.76. The van der Waals surface area contributed by atoms with Crippen LogP contribution in [0, 0.1) is 5.92 Å². The molecular formula is C17H30N2O. The summed E-state index contributed by atoms with van der Waals surface area (Å²) in [4.78, 5) is 4.61. The summed E-state index contributed by atoms with van der Waals surface area (Å²) in [7, 11) is 0. The van der Waals surface area contributed by atoms with E-state index in [0.29, 0.717) is 5.92 Å². The van der Waals surface area contributed by atoms with Crippen molar-refractivity contribution in [1.29, 1.82) is 0 Å². The van der Waals surface area contributed by atoms with Gasteiger partial charge in [-0.1, -0.05) is 40.5 Å². The van der Waals surface area contributed by atoms with Crippen LogP contribution in [0.2, 0.25) is 0 Å². The Labute approximate surface area is 124 Å². The lowest BCUT2D eigenvalue weighted by atomic mass is 10.1. The molecule has 3 heteroatoms. The molecule has 1 aromatic rings. The van der Waals surface area contributed by atoms with Gasteiger partial charge in [0.15, 0.2) is 0 Å². The van der Waals surface area contributed by atoms with Crippen LogP contribution in [0.3, 0.4) is 0 Å². The van der Waals surface area contributed by atoms with Crippen molar-refractivity contribution in [3.05, 3.63) is 23.4 Å². The fourth-order valence-corrected chi connectivity index (χ4v) is 2.25. The van der Waals surface area contributed by atoms with Crippen molar-refractivity contribution in [2.45, 2.75) is 59.9 Å². The summed E-state index contributed by atoms with van der Waals surface area (Å²) in [5.74, 6) is 1.38. The van der Waals surface area contributed by atoms with Crippen molar-refractivity contribution in [1.82, 2.24) is 10.3 Å². The maximum Gasteiger partial charge on any atom is 0.213 e. The Hall–Kier alpha value is -1.09. The number of hydrogen-bond donors (Lipinski definition) is 1. The van der Waals surface area contributed by atoms with E-state index in [1.807, 2.05) is 0 Å². The standard InChI is InChI=1S/C17H30N2O/c1-5-8-14(4)13-20-17-11-15(12-18-7-3)10-16(19-17)9-6-2/h10-11,14,18H,5-9,12-13H2,1-4H3. The summed E-state index contributed by atoms with van der Waals surface area (Å²) in [5, 5.41) is 3.36. The first-order chi connectivity index (χ1) is 9.69. The number of aromatic nitrogens is 1. The Bertz CT molecular complexity index is 379. The smallest absolute Gasteiger partial charge is 0.213 e. The van der Waals surface area contributed by atoms with Crippen LogP contribution in [0.5, 0.6) is 5.88 Å². The molecule has 1 unspecified atom stereocenters. The molecule has 0 saturated carbocycles. The van der Waals surface area contributed by atoms with Crippen LogP contribution in [0.15, 0.2) is 12.1 Å². The molecule has 0 aliphatic carbocycles. The molecule has 0 aliphatic heterocycles. The van der Waals surface area contributed by atoms with Gasteiger partial charge in [0, 0.05) is 18.3 Å². The number of ether oxygens (including phenoxy) is 1. The predicted octanol–water partition coefficient (Wildman–Crippen LogP) is 3.96. The molecule has 0 aliphatic rings. The normalized spacial score (nSPS) is 12.4. The minimum atomic E-state index is 0.592. The maximum absolute atomic E-state index is 5.89. The van der Waals surface area contributed by atoms with Gasteiger partial charge in [-0.05, 0) is 36.9 Å². The van der Waals surface area contributed by atoms with E-state index >= 15 is 0 Å². The van der Waals surface area contributed by atoms with Crippen molar-refractivity contribution in [2.75, 3.05) is 13.2 Å². The highest BCUT2D eigenvalue weighted by Crippen LogP contribution is 2.16. The first kappa shape index (κ1) is 17.0. The summed E-state index contributed by atoms with van der Waals surface area (Å²) < 4.78 is 5.89. The zero-order valence-corrected chi connectivity index (χ0v) is 13.5. The lowest BCUT2D eigenvalue weighted by Crippen LogP contribution is -2.13. The van der Waals surface area contributed by atoms with E-state index in [4.69, 9.17) is 4.74 Å². The van der Waals surface area contributed by atoms with E-state index < -0.39 is 0 Å². The van der Waals surface area contributed by atoms with E-state index in [1.54, 1.807) is 0 Å². The second-order valence-electron chi connectivity index (χ2n) is 5.54. The monoisotopic (exact) mass is 278 g/mol. The van der Waals surface area contributed by atoms with Crippen LogP contribution in [-0.2, 0) is 13.0 Å². The van der Waals surface area contributed by atoms with Crippen LogP contribution in [0.4, 0.5) is 0 Å². The van der Waals surface area contributed by atoms with Crippen molar-refractivity contribution >= 4 is 0 Å². The molecule has 0 fully saturated rings. The van der Waals surface area contributed by atoms with Gasteiger partial charge < -0.3 is 10.1 Å². The molecule has 3 nitrogen and oxygen atoms in total. The predicted molar refractivity (Wildman–Crippen MR) is 85.2 cm³/mol. The molecule has 1 aromatic heterocycles. The van der Waals surface area contributed by atoms with Crippen molar-refractivity contribution < 1.29 is 4.74 Å². The molecule has 0 radical (unpaired) electrons. The van der Waals surface area contributed by atoms with E-state index in [-0.39, 0.29) is 0 Å². The molecule has 20 heavy (non-hydrogen) atoms. The molecule has 0 aromatic carbocycles. The van der Waals surface area contributed by atoms with Gasteiger partial charge in [0.2, 0.25) is 5.88 Å². The number of nitrogens with zero attached hydrogens (tertiary/aromatic N) is 1. The van der Waals surface area contributed by atoms with Gasteiger partial charge in [0.25, 0.3) is 0 Å². The Kier molecular flexibility index (Phi) is 8.28. The van der Waals surface area contributed by atoms with Gasteiger partial charge in [-0.15, -0.1) is 0 Å². The van der Waals surface area contributed by atoms with E-state index in [1.165, 1.54) is 18.4 Å². The number of pyridine rings is 1. The molecule has 1 atom stereocenters. The summed E-state index contributed by atoms with van der Waals surface area (Å²) in [6, 6.07) is 4.26. The molecule has 0 spiro atoms. The minimum Gasteiger partial charge on any atom is -0.477 e. The zero-order chi connectivity index (χ0) is 14.8.